The monoisotopic (exact) mass is 574 g/mol. The maximum Gasteiger partial charge on any atom is 0.261 e. The fourth-order valence-corrected chi connectivity index (χ4v) is 8.14. The molecule has 39 heavy (non-hydrogen) atoms. The van der Waals surface area contributed by atoms with E-state index in [1.165, 1.54) is 10.4 Å². The second-order valence-electron chi connectivity index (χ2n) is 9.64. The summed E-state index contributed by atoms with van der Waals surface area (Å²) in [5.41, 5.74) is 4.83. The molecule has 3 heterocycles. The van der Waals surface area contributed by atoms with E-state index in [-0.39, 0.29) is 10.8 Å². The number of nitrogens with one attached hydrogen (secondary N) is 2. The zero-order valence-electron chi connectivity index (χ0n) is 21.4. The van der Waals surface area contributed by atoms with E-state index in [0.29, 0.717) is 11.3 Å². The third kappa shape index (κ3) is 5.20. The van der Waals surface area contributed by atoms with Crippen LogP contribution in [-0.4, -0.2) is 37.8 Å². The fraction of sp³-hybridized carbons (Fsp3) is 0.172. The summed E-state index contributed by atoms with van der Waals surface area (Å²) in [5.74, 6) is -0.305. The van der Waals surface area contributed by atoms with Crippen LogP contribution in [-0.2, 0) is 23.0 Å². The van der Waals surface area contributed by atoms with Crippen molar-refractivity contribution in [2.24, 2.45) is 0 Å². The number of carbonyl (C=O) groups is 1. The lowest BCUT2D eigenvalue weighted by atomic mass is 10.0. The molecule has 0 spiro atoms. The Balaban J connectivity index is 1.31. The van der Waals surface area contributed by atoms with Crippen molar-refractivity contribution in [2.75, 3.05) is 23.6 Å². The summed E-state index contributed by atoms with van der Waals surface area (Å²) in [6.45, 7) is 3.67. The zero-order valence-corrected chi connectivity index (χ0v) is 23.8. The number of nitrogens with zero attached hydrogens (tertiary/aromatic N) is 2. The maximum absolute atomic E-state index is 13.5. The molecule has 0 fully saturated rings. The van der Waals surface area contributed by atoms with Gasteiger partial charge in [-0.1, -0.05) is 35.9 Å². The highest BCUT2D eigenvalue weighted by Crippen LogP contribution is 2.45. The Morgan fingerprint density at radius 3 is 2.59 bits per heavy atom. The molecule has 1 aliphatic heterocycles. The van der Waals surface area contributed by atoms with Gasteiger partial charge in [-0.05, 0) is 68.4 Å². The third-order valence-electron chi connectivity index (χ3n) is 6.69. The molecule has 2 aromatic heterocycles. The third-order valence-corrected chi connectivity index (χ3v) is 10.3. The van der Waals surface area contributed by atoms with Gasteiger partial charge in [0.05, 0.1) is 15.1 Å². The summed E-state index contributed by atoms with van der Waals surface area (Å²) in [6.07, 6.45) is 0.889. The number of hydrogen-bond donors (Lipinski definition) is 2. The number of amides is 1. The number of rotatable bonds is 6. The van der Waals surface area contributed by atoms with Crippen molar-refractivity contribution in [1.29, 1.82) is 0 Å². The first kappa shape index (κ1) is 25.7. The molecule has 3 aromatic carbocycles. The van der Waals surface area contributed by atoms with Crippen LogP contribution in [0.1, 0.15) is 26.4 Å². The number of hydrogen-bond acceptors (Lipinski definition) is 7. The minimum Gasteiger partial charge on any atom is -0.313 e. The molecule has 0 radical (unpaired) electrons. The lowest BCUT2D eigenvalue weighted by Gasteiger charge is -2.22. The normalized spacial score (nSPS) is 13.8. The highest BCUT2D eigenvalue weighted by Gasteiger charge is 2.27. The number of para-hydroxylation sites is 1. The van der Waals surface area contributed by atoms with Crippen LogP contribution in [0, 0.1) is 6.92 Å². The average Bonchev–Trinajstić information content (AvgIpc) is 3.49. The quantitative estimate of drug-likeness (QED) is 0.246. The molecule has 198 valence electrons. The van der Waals surface area contributed by atoms with Crippen molar-refractivity contribution in [1.82, 2.24) is 9.88 Å². The van der Waals surface area contributed by atoms with Crippen molar-refractivity contribution in [3.8, 4) is 10.6 Å². The number of aryl methyl sites for hydroxylation is 1. The lowest BCUT2D eigenvalue weighted by molar-refractivity contribution is 0.102. The van der Waals surface area contributed by atoms with Gasteiger partial charge in [-0.2, -0.15) is 0 Å². The number of sulfonamides is 1. The van der Waals surface area contributed by atoms with E-state index in [0.717, 1.165) is 50.9 Å². The van der Waals surface area contributed by atoms with Gasteiger partial charge < -0.3 is 10.2 Å². The Labute approximate surface area is 235 Å². The van der Waals surface area contributed by atoms with Crippen LogP contribution >= 0.6 is 22.7 Å². The molecule has 0 aliphatic carbocycles. The van der Waals surface area contributed by atoms with E-state index < -0.39 is 10.0 Å². The van der Waals surface area contributed by atoms with E-state index >= 15 is 0 Å². The molecule has 0 unspecified atom stereocenters. The van der Waals surface area contributed by atoms with E-state index in [9.17, 15) is 13.2 Å². The van der Waals surface area contributed by atoms with Crippen LogP contribution in [0.5, 0.6) is 0 Å². The molecular formula is C29H26N4O3S3. The Bertz CT molecular complexity index is 1770. The summed E-state index contributed by atoms with van der Waals surface area (Å²) >= 11 is 3.21. The molecule has 0 saturated heterocycles. The molecule has 10 heteroatoms. The minimum atomic E-state index is -3.79. The number of fused-ring (bicyclic) bond motifs is 2. The van der Waals surface area contributed by atoms with Crippen molar-refractivity contribution in [3.05, 3.63) is 94.4 Å². The predicted octanol–water partition coefficient (Wildman–Crippen LogP) is 6.37. The average molecular weight is 575 g/mol. The van der Waals surface area contributed by atoms with Gasteiger partial charge in [0.2, 0.25) is 0 Å². The zero-order chi connectivity index (χ0) is 27.1. The fourth-order valence-electron chi connectivity index (χ4n) is 4.66. The highest BCUT2D eigenvalue weighted by atomic mass is 32.2. The first-order valence-electron chi connectivity index (χ1n) is 12.5. The molecule has 0 saturated carbocycles. The van der Waals surface area contributed by atoms with Gasteiger partial charge in [0.1, 0.15) is 10.0 Å². The molecule has 6 rings (SSSR count). The predicted molar refractivity (Wildman–Crippen MR) is 159 cm³/mol. The first-order valence-corrected chi connectivity index (χ1v) is 15.6. The Morgan fingerprint density at radius 1 is 1.00 bits per heavy atom. The van der Waals surface area contributed by atoms with Gasteiger partial charge in [-0.3, -0.25) is 9.52 Å². The summed E-state index contributed by atoms with van der Waals surface area (Å²) in [6, 6.07) is 21.2. The Morgan fingerprint density at radius 2 is 1.79 bits per heavy atom. The summed E-state index contributed by atoms with van der Waals surface area (Å²) in [4.78, 5) is 22.0. The van der Waals surface area contributed by atoms with Crippen LogP contribution in [0.2, 0.25) is 0 Å². The van der Waals surface area contributed by atoms with Crippen molar-refractivity contribution in [3.63, 3.8) is 0 Å². The van der Waals surface area contributed by atoms with E-state index in [1.807, 2.05) is 25.1 Å². The lowest BCUT2D eigenvalue weighted by Crippen LogP contribution is -2.25. The maximum atomic E-state index is 13.5. The van der Waals surface area contributed by atoms with Gasteiger partial charge in [0.15, 0.2) is 0 Å². The highest BCUT2D eigenvalue weighted by molar-refractivity contribution is 7.92. The first-order chi connectivity index (χ1) is 18.8. The number of benzene rings is 3. The van der Waals surface area contributed by atoms with Crippen LogP contribution in [0.25, 0.3) is 20.8 Å². The number of thiophene rings is 1. The summed E-state index contributed by atoms with van der Waals surface area (Å²) < 4.78 is 29.5. The number of anilines is 2. The molecular weight excluding hydrogens is 549 g/mol. The standard InChI is InChI=1S/C29H26N4O3S3/c1-18-10-12-21(13-11-18)39(35,36)32-20-7-5-6-19(16-20)27(34)31-29-26(22-14-15-33(2)17-25(22)38-29)28-30-23-8-3-4-9-24(23)37-28/h3-13,16,32H,14-15,17H2,1-2H3,(H,31,34). The van der Waals surface area contributed by atoms with E-state index in [1.54, 1.807) is 71.2 Å². The van der Waals surface area contributed by atoms with Crippen LogP contribution < -0.4 is 10.0 Å². The van der Waals surface area contributed by atoms with E-state index in [2.05, 4.69) is 28.1 Å². The number of thiazole rings is 1. The van der Waals surface area contributed by atoms with Gasteiger partial charge in [-0.15, -0.1) is 22.7 Å². The molecule has 5 aromatic rings. The second kappa shape index (κ2) is 10.2. The molecule has 7 nitrogen and oxygen atoms in total. The molecule has 1 amide bonds. The molecule has 2 N–H and O–H groups in total. The van der Waals surface area contributed by atoms with Crippen molar-refractivity contribution < 1.29 is 13.2 Å². The Kier molecular flexibility index (Phi) is 6.72. The van der Waals surface area contributed by atoms with Gasteiger partial charge in [-0.25, -0.2) is 13.4 Å². The van der Waals surface area contributed by atoms with Crippen molar-refractivity contribution >= 4 is 59.5 Å². The molecule has 0 atom stereocenters. The van der Waals surface area contributed by atoms with Crippen molar-refractivity contribution in [2.45, 2.75) is 24.8 Å². The molecule has 1 aliphatic rings. The van der Waals surface area contributed by atoms with Crippen LogP contribution in [0.15, 0.2) is 77.7 Å². The van der Waals surface area contributed by atoms with Crippen LogP contribution in [0.4, 0.5) is 10.7 Å². The van der Waals surface area contributed by atoms with Gasteiger partial charge in [0, 0.05) is 34.8 Å². The van der Waals surface area contributed by atoms with Gasteiger partial charge in [0.25, 0.3) is 15.9 Å². The number of aromatic nitrogens is 1. The smallest absolute Gasteiger partial charge is 0.261 e. The molecule has 0 bridgehead atoms. The second-order valence-corrected chi connectivity index (χ2v) is 13.5. The SMILES string of the molecule is Cc1ccc(S(=O)(=O)Nc2cccc(C(=O)Nc3sc4c(c3-c3nc5ccccc5s3)CCN(C)C4)c2)cc1. The topological polar surface area (TPSA) is 91.4 Å². The van der Waals surface area contributed by atoms with Gasteiger partial charge >= 0.3 is 0 Å². The number of likely N-dealkylation sites (N-methyl/N-ethyl adjacent to an activating group) is 1. The number of carbonyl (C=O) groups excluding carboxylic acids is 1. The van der Waals surface area contributed by atoms with Crippen LogP contribution in [0.3, 0.4) is 0 Å². The summed E-state index contributed by atoms with van der Waals surface area (Å²) in [5, 5.41) is 4.79. The Hall–Kier alpha value is -3.57. The largest absolute Gasteiger partial charge is 0.313 e. The van der Waals surface area contributed by atoms with E-state index in [4.69, 9.17) is 4.98 Å². The summed E-state index contributed by atoms with van der Waals surface area (Å²) in [7, 11) is -1.69. The minimum absolute atomic E-state index is 0.164.